The molecule has 0 radical (unpaired) electrons. The van der Waals surface area contributed by atoms with Gasteiger partial charge in [0.05, 0.1) is 26.3 Å². The van der Waals surface area contributed by atoms with E-state index in [2.05, 4.69) is 15.3 Å². The Bertz CT molecular complexity index is 819. The number of hydrogen-bond donors (Lipinski definition) is 1. The molecule has 0 spiro atoms. The molecule has 3 rings (SSSR count). The maximum Gasteiger partial charge on any atom is 0.310 e. The molecule has 9 heteroatoms. The molecule has 0 saturated carbocycles. The number of nitrogens with zero attached hydrogens (tertiary/aromatic N) is 3. The van der Waals surface area contributed by atoms with Crippen molar-refractivity contribution in [2.24, 2.45) is 5.92 Å². The molecule has 1 saturated heterocycles. The first kappa shape index (κ1) is 19.8. The third-order valence-electron chi connectivity index (χ3n) is 4.41. The van der Waals surface area contributed by atoms with E-state index in [4.69, 9.17) is 21.7 Å². The quantitative estimate of drug-likeness (QED) is 0.554. The predicted molar refractivity (Wildman–Crippen MR) is 108 cm³/mol. The Morgan fingerprint density at radius 2 is 2.19 bits per heavy atom. The van der Waals surface area contributed by atoms with Crippen LogP contribution in [-0.4, -0.2) is 47.5 Å². The average molecular weight is 409 g/mol. The molecule has 7 nitrogen and oxygen atoms in total. The highest BCUT2D eigenvalue weighted by molar-refractivity contribution is 7.73. The van der Waals surface area contributed by atoms with Gasteiger partial charge in [0, 0.05) is 12.2 Å². The van der Waals surface area contributed by atoms with Crippen LogP contribution in [0.1, 0.15) is 19.8 Å². The van der Waals surface area contributed by atoms with Gasteiger partial charge in [0.15, 0.2) is 3.95 Å². The standard InChI is InChI=1S/C18H24N4O3S2/c1-3-25-16(23)13-5-4-10-21(11-13)12-22-18(26)27-17(20-22)19-14-6-8-15(24-2)9-7-14/h6-9,13H,3-5,10-12H2,1-2H3,(H,19,20)/t13-/m1/s1. The highest BCUT2D eigenvalue weighted by Gasteiger charge is 2.27. The highest BCUT2D eigenvalue weighted by Crippen LogP contribution is 2.24. The first-order valence-corrected chi connectivity index (χ1v) is 10.2. The molecule has 2 aromatic rings. The molecular formula is C18H24N4O3S2. The summed E-state index contributed by atoms with van der Waals surface area (Å²) in [6.07, 6.45) is 1.85. The molecule has 0 unspecified atom stereocenters. The van der Waals surface area contributed by atoms with E-state index in [9.17, 15) is 4.79 Å². The molecule has 1 fully saturated rings. The normalized spacial score (nSPS) is 17.5. The summed E-state index contributed by atoms with van der Waals surface area (Å²) in [5.74, 6) is 0.634. The second kappa shape index (κ2) is 9.29. The van der Waals surface area contributed by atoms with Gasteiger partial charge in [-0.05, 0) is 62.8 Å². The third kappa shape index (κ3) is 5.27. The van der Waals surface area contributed by atoms with E-state index in [1.165, 1.54) is 11.3 Å². The van der Waals surface area contributed by atoms with Crippen molar-refractivity contribution in [1.82, 2.24) is 14.7 Å². The van der Waals surface area contributed by atoms with Gasteiger partial charge in [-0.2, -0.15) is 0 Å². The van der Waals surface area contributed by atoms with E-state index >= 15 is 0 Å². The van der Waals surface area contributed by atoms with E-state index in [1.807, 2.05) is 31.2 Å². The molecule has 1 atom stereocenters. The fraction of sp³-hybridized carbons (Fsp3) is 0.500. The molecule has 1 aromatic carbocycles. The number of piperidine rings is 1. The van der Waals surface area contributed by atoms with Gasteiger partial charge in [-0.1, -0.05) is 11.3 Å². The molecule has 1 aliphatic rings. The zero-order valence-electron chi connectivity index (χ0n) is 15.5. The Morgan fingerprint density at radius 1 is 1.41 bits per heavy atom. The number of ether oxygens (including phenoxy) is 2. The molecule has 1 aromatic heterocycles. The topological polar surface area (TPSA) is 68.6 Å². The molecule has 0 bridgehead atoms. The smallest absolute Gasteiger partial charge is 0.310 e. The number of benzene rings is 1. The lowest BCUT2D eigenvalue weighted by molar-refractivity contribution is -0.150. The van der Waals surface area contributed by atoms with Crippen molar-refractivity contribution in [3.05, 3.63) is 28.2 Å². The Hall–Kier alpha value is -1.97. The van der Waals surface area contributed by atoms with Crippen LogP contribution in [0, 0.1) is 9.87 Å². The van der Waals surface area contributed by atoms with E-state index < -0.39 is 0 Å². The Balaban J connectivity index is 1.62. The first-order valence-electron chi connectivity index (χ1n) is 8.97. The van der Waals surface area contributed by atoms with Gasteiger partial charge in [-0.3, -0.25) is 9.69 Å². The van der Waals surface area contributed by atoms with Crippen molar-refractivity contribution in [2.75, 3.05) is 32.1 Å². The zero-order valence-corrected chi connectivity index (χ0v) is 17.1. The molecule has 27 heavy (non-hydrogen) atoms. The Labute approximate surface area is 167 Å². The van der Waals surface area contributed by atoms with Gasteiger partial charge in [-0.25, -0.2) is 4.68 Å². The Morgan fingerprint density at radius 3 is 2.89 bits per heavy atom. The van der Waals surface area contributed by atoms with E-state index in [1.54, 1.807) is 11.8 Å². The summed E-state index contributed by atoms with van der Waals surface area (Å²) >= 11 is 6.89. The Kier molecular flexibility index (Phi) is 6.81. The number of rotatable bonds is 7. The summed E-state index contributed by atoms with van der Waals surface area (Å²) in [4.78, 5) is 14.2. The summed E-state index contributed by atoms with van der Waals surface area (Å²) in [5, 5.41) is 8.59. The number of carbonyl (C=O) groups is 1. The molecule has 1 aliphatic heterocycles. The monoisotopic (exact) mass is 408 g/mol. The highest BCUT2D eigenvalue weighted by atomic mass is 32.1. The SMILES string of the molecule is CCOC(=O)[C@@H]1CCCN(Cn2nc(Nc3ccc(OC)cc3)sc2=S)C1. The van der Waals surface area contributed by atoms with E-state index in [0.29, 0.717) is 23.8 Å². The van der Waals surface area contributed by atoms with Gasteiger partial charge >= 0.3 is 5.97 Å². The minimum Gasteiger partial charge on any atom is -0.497 e. The van der Waals surface area contributed by atoms with Gasteiger partial charge in [0.25, 0.3) is 0 Å². The van der Waals surface area contributed by atoms with Crippen LogP contribution in [0.2, 0.25) is 0 Å². The number of methoxy groups -OCH3 is 1. The zero-order chi connectivity index (χ0) is 19.2. The van der Waals surface area contributed by atoms with Crippen LogP contribution < -0.4 is 10.1 Å². The maximum absolute atomic E-state index is 12.0. The molecule has 2 heterocycles. The molecule has 1 N–H and O–H groups in total. The minimum atomic E-state index is -0.106. The fourth-order valence-electron chi connectivity index (χ4n) is 3.07. The fourth-order valence-corrected chi connectivity index (χ4v) is 4.08. The molecular weight excluding hydrogens is 384 g/mol. The van der Waals surface area contributed by atoms with Crippen molar-refractivity contribution in [2.45, 2.75) is 26.4 Å². The lowest BCUT2D eigenvalue weighted by Crippen LogP contribution is -2.40. The molecule has 146 valence electrons. The average Bonchev–Trinajstić information content (AvgIpc) is 3.01. The number of likely N-dealkylation sites (tertiary alicyclic amines) is 1. The molecule has 0 aliphatic carbocycles. The maximum atomic E-state index is 12.0. The lowest BCUT2D eigenvalue weighted by Gasteiger charge is -2.31. The van der Waals surface area contributed by atoms with E-state index in [0.717, 1.165) is 36.0 Å². The number of aromatic nitrogens is 2. The van der Waals surface area contributed by atoms with Crippen LogP contribution in [0.3, 0.4) is 0 Å². The van der Waals surface area contributed by atoms with Crippen LogP contribution in [0.15, 0.2) is 24.3 Å². The van der Waals surface area contributed by atoms with Crippen LogP contribution in [0.5, 0.6) is 5.75 Å². The lowest BCUT2D eigenvalue weighted by atomic mass is 9.99. The van der Waals surface area contributed by atoms with Crippen molar-refractivity contribution in [3.8, 4) is 5.75 Å². The van der Waals surface area contributed by atoms with Gasteiger partial charge in [0.1, 0.15) is 5.75 Å². The van der Waals surface area contributed by atoms with Crippen LogP contribution in [0.25, 0.3) is 0 Å². The molecule has 0 amide bonds. The summed E-state index contributed by atoms with van der Waals surface area (Å²) in [6, 6.07) is 7.65. The largest absolute Gasteiger partial charge is 0.497 e. The summed E-state index contributed by atoms with van der Waals surface area (Å²) in [6.45, 7) is 4.45. The predicted octanol–water partition coefficient (Wildman–Crippen LogP) is 3.66. The summed E-state index contributed by atoms with van der Waals surface area (Å²) < 4.78 is 12.8. The van der Waals surface area contributed by atoms with Crippen LogP contribution >= 0.6 is 23.6 Å². The third-order valence-corrected chi connectivity index (χ3v) is 5.63. The number of nitrogens with one attached hydrogen (secondary N) is 1. The number of carbonyl (C=O) groups excluding carboxylic acids is 1. The van der Waals surface area contributed by atoms with Crippen LogP contribution in [-0.2, 0) is 16.2 Å². The van der Waals surface area contributed by atoms with Crippen LogP contribution in [0.4, 0.5) is 10.8 Å². The first-order chi connectivity index (χ1) is 13.1. The number of anilines is 2. The summed E-state index contributed by atoms with van der Waals surface area (Å²) in [5.41, 5.74) is 0.923. The second-order valence-electron chi connectivity index (χ2n) is 6.34. The van der Waals surface area contributed by atoms with Gasteiger partial charge in [-0.15, -0.1) is 5.10 Å². The van der Waals surface area contributed by atoms with Gasteiger partial charge < -0.3 is 14.8 Å². The van der Waals surface area contributed by atoms with Crippen molar-refractivity contribution >= 4 is 40.3 Å². The van der Waals surface area contributed by atoms with E-state index in [-0.39, 0.29) is 11.9 Å². The van der Waals surface area contributed by atoms with Crippen molar-refractivity contribution < 1.29 is 14.3 Å². The minimum absolute atomic E-state index is 0.0663. The summed E-state index contributed by atoms with van der Waals surface area (Å²) in [7, 11) is 1.64. The van der Waals surface area contributed by atoms with Crippen molar-refractivity contribution in [3.63, 3.8) is 0 Å². The van der Waals surface area contributed by atoms with Gasteiger partial charge in [0.2, 0.25) is 5.13 Å². The number of hydrogen-bond acceptors (Lipinski definition) is 8. The second-order valence-corrected chi connectivity index (χ2v) is 7.96. The van der Waals surface area contributed by atoms with Crippen molar-refractivity contribution in [1.29, 1.82) is 0 Å². The number of esters is 1.